The van der Waals surface area contributed by atoms with Crippen LogP contribution < -0.4 is 9.62 Å². The number of benzene rings is 3. The summed E-state index contributed by atoms with van der Waals surface area (Å²) in [4.78, 5) is 27.8. The zero-order valence-electron chi connectivity index (χ0n) is 20.2. The fraction of sp³-hybridized carbons (Fsp3) is 0.231. The van der Waals surface area contributed by atoms with Gasteiger partial charge in [-0.15, -0.1) is 0 Å². The third kappa shape index (κ3) is 7.47. The molecule has 3 aromatic rings. The minimum Gasteiger partial charge on any atom is -0.355 e. The standard InChI is InChI=1S/C26H26BrCl2N3O4S/c1-3-30-26(34)18(2)31(16-19-9-11-20(27)12-10-19)25(33)17-32(23-14-21(28)13-22(29)15-23)37(35,36)24-7-5-4-6-8-24/h4-15,18H,3,16-17H2,1-2H3,(H,30,34)/t18-/m1/s1. The van der Waals surface area contributed by atoms with E-state index in [0.717, 1.165) is 14.3 Å². The van der Waals surface area contributed by atoms with Gasteiger partial charge in [-0.05, 0) is 61.9 Å². The molecule has 0 spiro atoms. The monoisotopic (exact) mass is 625 g/mol. The predicted octanol–water partition coefficient (Wildman–Crippen LogP) is 5.50. The molecule has 1 N–H and O–H groups in total. The fourth-order valence-corrected chi connectivity index (χ4v) is 5.82. The maximum atomic E-state index is 13.8. The van der Waals surface area contributed by atoms with Crippen molar-refractivity contribution in [2.45, 2.75) is 31.3 Å². The number of nitrogens with zero attached hydrogens (tertiary/aromatic N) is 2. The van der Waals surface area contributed by atoms with E-state index in [1.54, 1.807) is 32.0 Å². The molecule has 0 unspecified atom stereocenters. The summed E-state index contributed by atoms with van der Waals surface area (Å²) in [6.07, 6.45) is 0. The third-order valence-electron chi connectivity index (χ3n) is 5.53. The SMILES string of the molecule is CCNC(=O)[C@@H](C)N(Cc1ccc(Br)cc1)C(=O)CN(c1cc(Cl)cc(Cl)c1)S(=O)(=O)c1ccccc1. The first-order chi connectivity index (χ1) is 17.5. The molecule has 0 aliphatic rings. The first kappa shape index (κ1) is 29.0. The summed E-state index contributed by atoms with van der Waals surface area (Å²) < 4.78 is 29.2. The summed E-state index contributed by atoms with van der Waals surface area (Å²) in [6, 6.07) is 18.5. The molecular formula is C26H26BrCl2N3O4S. The molecule has 0 bridgehead atoms. The second-order valence-corrected chi connectivity index (χ2v) is 11.8. The smallest absolute Gasteiger partial charge is 0.264 e. The van der Waals surface area contributed by atoms with Crippen LogP contribution in [0.15, 0.2) is 82.2 Å². The van der Waals surface area contributed by atoms with Gasteiger partial charge in [-0.1, -0.05) is 69.5 Å². The number of hydrogen-bond acceptors (Lipinski definition) is 4. The number of sulfonamides is 1. The number of hydrogen-bond donors (Lipinski definition) is 1. The summed E-state index contributed by atoms with van der Waals surface area (Å²) in [5.41, 5.74) is 0.903. The van der Waals surface area contributed by atoms with Crippen molar-refractivity contribution in [3.8, 4) is 0 Å². The molecule has 196 valence electrons. The third-order valence-corrected chi connectivity index (χ3v) is 8.28. The molecule has 0 heterocycles. The van der Waals surface area contributed by atoms with E-state index in [0.29, 0.717) is 6.54 Å². The van der Waals surface area contributed by atoms with Gasteiger partial charge in [-0.2, -0.15) is 0 Å². The van der Waals surface area contributed by atoms with E-state index < -0.39 is 28.5 Å². The zero-order chi connectivity index (χ0) is 27.2. The van der Waals surface area contributed by atoms with Crippen LogP contribution in [0, 0.1) is 0 Å². The maximum Gasteiger partial charge on any atom is 0.264 e. The lowest BCUT2D eigenvalue weighted by Crippen LogP contribution is -2.51. The highest BCUT2D eigenvalue weighted by atomic mass is 79.9. The Morgan fingerprint density at radius 2 is 1.57 bits per heavy atom. The van der Waals surface area contributed by atoms with Crippen LogP contribution in [0.5, 0.6) is 0 Å². The Labute approximate surface area is 235 Å². The van der Waals surface area contributed by atoms with Crippen LogP contribution in [0.1, 0.15) is 19.4 Å². The Hall–Kier alpha value is -2.59. The molecule has 0 aliphatic carbocycles. The van der Waals surface area contributed by atoms with Crippen LogP contribution in [0.25, 0.3) is 0 Å². The predicted molar refractivity (Wildman–Crippen MR) is 150 cm³/mol. The number of amides is 2. The second kappa shape index (κ2) is 12.8. The van der Waals surface area contributed by atoms with Crippen molar-refractivity contribution in [1.29, 1.82) is 0 Å². The van der Waals surface area contributed by atoms with Crippen LogP contribution in [0.3, 0.4) is 0 Å². The maximum absolute atomic E-state index is 13.8. The average Bonchev–Trinajstić information content (AvgIpc) is 2.86. The molecular weight excluding hydrogens is 601 g/mol. The van der Waals surface area contributed by atoms with Crippen LogP contribution in [-0.2, 0) is 26.2 Å². The van der Waals surface area contributed by atoms with Crippen LogP contribution in [0.2, 0.25) is 10.0 Å². The van der Waals surface area contributed by atoms with Crippen molar-refractivity contribution < 1.29 is 18.0 Å². The Morgan fingerprint density at radius 3 is 2.14 bits per heavy atom. The van der Waals surface area contributed by atoms with Crippen molar-refractivity contribution in [3.05, 3.63) is 92.9 Å². The minimum absolute atomic E-state index is 0.00451. The van der Waals surface area contributed by atoms with Gasteiger partial charge in [0.15, 0.2) is 0 Å². The minimum atomic E-state index is -4.19. The molecule has 3 rings (SSSR count). The van der Waals surface area contributed by atoms with Gasteiger partial charge >= 0.3 is 0 Å². The van der Waals surface area contributed by atoms with Gasteiger partial charge in [0.2, 0.25) is 11.8 Å². The van der Waals surface area contributed by atoms with Crippen molar-refractivity contribution in [2.75, 3.05) is 17.4 Å². The van der Waals surface area contributed by atoms with E-state index in [1.807, 2.05) is 24.3 Å². The van der Waals surface area contributed by atoms with Crippen molar-refractivity contribution in [1.82, 2.24) is 10.2 Å². The van der Waals surface area contributed by atoms with Crippen LogP contribution >= 0.6 is 39.1 Å². The highest BCUT2D eigenvalue weighted by Gasteiger charge is 2.32. The van der Waals surface area contributed by atoms with Crippen molar-refractivity contribution in [2.24, 2.45) is 0 Å². The second-order valence-electron chi connectivity index (χ2n) is 8.17. The molecule has 11 heteroatoms. The number of anilines is 1. The number of carbonyl (C=O) groups is 2. The molecule has 7 nitrogen and oxygen atoms in total. The lowest BCUT2D eigenvalue weighted by atomic mass is 10.1. The van der Waals surface area contributed by atoms with Crippen LogP contribution in [-0.4, -0.2) is 44.3 Å². The highest BCUT2D eigenvalue weighted by Crippen LogP contribution is 2.30. The Morgan fingerprint density at radius 1 is 0.973 bits per heavy atom. The first-order valence-corrected chi connectivity index (χ1v) is 14.4. The molecule has 0 aliphatic heterocycles. The average molecular weight is 627 g/mol. The normalized spacial score (nSPS) is 12.0. The largest absolute Gasteiger partial charge is 0.355 e. The van der Waals surface area contributed by atoms with Crippen molar-refractivity contribution in [3.63, 3.8) is 0 Å². The van der Waals surface area contributed by atoms with Gasteiger partial charge in [-0.3, -0.25) is 13.9 Å². The fourth-order valence-electron chi connectivity index (χ4n) is 3.62. The molecule has 1 atom stereocenters. The van der Waals surface area contributed by atoms with E-state index in [-0.39, 0.29) is 33.1 Å². The van der Waals surface area contributed by atoms with E-state index in [4.69, 9.17) is 23.2 Å². The number of rotatable bonds is 10. The Bertz CT molecular complexity index is 1340. The summed E-state index contributed by atoms with van der Waals surface area (Å²) in [5.74, 6) is -0.923. The summed E-state index contributed by atoms with van der Waals surface area (Å²) in [5, 5.41) is 3.15. The number of carbonyl (C=O) groups excluding carboxylic acids is 2. The van der Waals surface area contributed by atoms with Gasteiger partial charge in [0.1, 0.15) is 12.6 Å². The number of nitrogens with one attached hydrogen (secondary N) is 1. The number of likely N-dealkylation sites (N-methyl/N-ethyl adjacent to an activating group) is 1. The van der Waals surface area contributed by atoms with E-state index in [1.165, 1.54) is 35.2 Å². The van der Waals surface area contributed by atoms with Crippen molar-refractivity contribution >= 4 is 66.7 Å². The lowest BCUT2D eigenvalue weighted by Gasteiger charge is -2.32. The molecule has 0 fully saturated rings. The summed E-state index contributed by atoms with van der Waals surface area (Å²) in [7, 11) is -4.19. The van der Waals surface area contributed by atoms with Gasteiger partial charge in [0.25, 0.3) is 10.0 Å². The van der Waals surface area contributed by atoms with E-state index in [2.05, 4.69) is 21.2 Å². The van der Waals surface area contributed by atoms with E-state index in [9.17, 15) is 18.0 Å². The molecule has 0 saturated heterocycles. The zero-order valence-corrected chi connectivity index (χ0v) is 24.1. The van der Waals surface area contributed by atoms with Gasteiger partial charge in [0, 0.05) is 27.6 Å². The molecule has 0 aromatic heterocycles. The number of halogens is 3. The highest BCUT2D eigenvalue weighted by molar-refractivity contribution is 9.10. The first-order valence-electron chi connectivity index (χ1n) is 11.4. The molecule has 0 radical (unpaired) electrons. The van der Waals surface area contributed by atoms with Gasteiger partial charge in [0.05, 0.1) is 10.6 Å². The van der Waals surface area contributed by atoms with E-state index >= 15 is 0 Å². The molecule has 2 amide bonds. The van der Waals surface area contributed by atoms with Crippen LogP contribution in [0.4, 0.5) is 5.69 Å². The Balaban J connectivity index is 2.04. The Kier molecular flexibility index (Phi) is 10.0. The van der Waals surface area contributed by atoms with Gasteiger partial charge < -0.3 is 10.2 Å². The lowest BCUT2D eigenvalue weighted by molar-refractivity contribution is -0.139. The van der Waals surface area contributed by atoms with Gasteiger partial charge in [-0.25, -0.2) is 8.42 Å². The molecule has 0 saturated carbocycles. The topological polar surface area (TPSA) is 86.8 Å². The summed E-state index contributed by atoms with van der Waals surface area (Å²) in [6.45, 7) is 3.30. The molecule has 3 aromatic carbocycles. The molecule has 37 heavy (non-hydrogen) atoms. The quantitative estimate of drug-likeness (QED) is 0.322. The summed E-state index contributed by atoms with van der Waals surface area (Å²) >= 11 is 15.7.